The second-order valence-corrected chi connectivity index (χ2v) is 4.63. The zero-order valence-corrected chi connectivity index (χ0v) is 9.40. The molecule has 1 nitrogen and oxygen atoms in total. The lowest BCUT2D eigenvalue weighted by Gasteiger charge is -2.01. The minimum Gasteiger partial charge on any atom is -0.495 e. The smallest absolute Gasteiger partial charge is 0.137 e. The average molecular weight is 222 g/mol. The van der Waals surface area contributed by atoms with Gasteiger partial charge in [0, 0.05) is 4.88 Å². The highest BCUT2D eigenvalue weighted by Crippen LogP contribution is 2.24. The van der Waals surface area contributed by atoms with Crippen molar-refractivity contribution in [2.24, 2.45) is 0 Å². The van der Waals surface area contributed by atoms with Gasteiger partial charge >= 0.3 is 0 Å². The maximum Gasteiger partial charge on any atom is 0.137 e. The van der Waals surface area contributed by atoms with Gasteiger partial charge in [0.15, 0.2) is 0 Å². The predicted octanol–water partition coefficient (Wildman–Crippen LogP) is 3.95. The Labute approximate surface area is 91.3 Å². The first-order chi connectivity index (χ1) is 6.90. The minimum atomic E-state index is 0.933. The van der Waals surface area contributed by atoms with Crippen LogP contribution < -0.4 is 0 Å². The summed E-state index contributed by atoms with van der Waals surface area (Å²) < 4.78 is 5.35. The number of ether oxygens (including phenoxy) is 1. The fourth-order valence-electron chi connectivity index (χ4n) is 1.15. The largest absolute Gasteiger partial charge is 0.495 e. The lowest BCUT2D eigenvalue weighted by Crippen LogP contribution is -1.81. The van der Waals surface area contributed by atoms with Gasteiger partial charge in [-0.05, 0) is 29.0 Å². The van der Waals surface area contributed by atoms with Crippen LogP contribution in [0.5, 0.6) is 0 Å². The van der Waals surface area contributed by atoms with Crippen LogP contribution in [0, 0.1) is 0 Å². The molecule has 0 unspecified atom stereocenters. The quantitative estimate of drug-likeness (QED) is 0.714. The second-order valence-electron chi connectivity index (χ2n) is 2.71. The van der Waals surface area contributed by atoms with Gasteiger partial charge in [-0.15, -0.1) is 22.7 Å². The number of methoxy groups -OCH3 is 1. The van der Waals surface area contributed by atoms with Crippen molar-refractivity contribution in [2.75, 3.05) is 7.11 Å². The molecular weight excluding hydrogens is 212 g/mol. The Morgan fingerprint density at radius 1 is 1.21 bits per heavy atom. The third-order valence-electron chi connectivity index (χ3n) is 1.80. The van der Waals surface area contributed by atoms with Crippen LogP contribution in [0.3, 0.4) is 0 Å². The first-order valence-electron chi connectivity index (χ1n) is 4.23. The van der Waals surface area contributed by atoms with Crippen LogP contribution in [0.15, 0.2) is 35.0 Å². The van der Waals surface area contributed by atoms with Crippen molar-refractivity contribution in [2.45, 2.75) is 0 Å². The van der Waals surface area contributed by atoms with E-state index in [4.69, 9.17) is 4.74 Å². The van der Waals surface area contributed by atoms with Gasteiger partial charge in [0.05, 0.1) is 12.0 Å². The van der Waals surface area contributed by atoms with Crippen molar-refractivity contribution in [3.05, 3.63) is 44.8 Å². The fraction of sp³-hybridized carbons (Fsp3) is 0.0909. The van der Waals surface area contributed by atoms with E-state index in [1.165, 1.54) is 9.75 Å². The SMILES string of the molecule is COC(=Cc1cccs1)c1cccs1. The molecule has 0 amide bonds. The van der Waals surface area contributed by atoms with E-state index in [0.29, 0.717) is 0 Å². The van der Waals surface area contributed by atoms with E-state index in [1.54, 1.807) is 29.8 Å². The highest BCUT2D eigenvalue weighted by molar-refractivity contribution is 7.11. The van der Waals surface area contributed by atoms with Gasteiger partial charge in [0.25, 0.3) is 0 Å². The first kappa shape index (κ1) is 9.49. The Morgan fingerprint density at radius 3 is 2.57 bits per heavy atom. The van der Waals surface area contributed by atoms with Gasteiger partial charge in [-0.25, -0.2) is 0 Å². The number of thiophene rings is 2. The maximum absolute atomic E-state index is 5.35. The molecule has 2 aromatic rings. The molecule has 0 aliphatic rings. The average Bonchev–Trinajstić information content (AvgIpc) is 2.86. The number of hydrogen-bond acceptors (Lipinski definition) is 3. The molecule has 2 heterocycles. The molecule has 72 valence electrons. The Morgan fingerprint density at radius 2 is 2.00 bits per heavy atom. The van der Waals surface area contributed by atoms with Crippen LogP contribution in [-0.4, -0.2) is 7.11 Å². The lowest BCUT2D eigenvalue weighted by molar-refractivity contribution is 0.374. The molecule has 0 saturated carbocycles. The van der Waals surface area contributed by atoms with Crippen LogP contribution in [0.1, 0.15) is 9.75 Å². The summed E-state index contributed by atoms with van der Waals surface area (Å²) in [7, 11) is 1.71. The van der Waals surface area contributed by atoms with Crippen molar-refractivity contribution in [1.29, 1.82) is 0 Å². The summed E-state index contributed by atoms with van der Waals surface area (Å²) in [5.74, 6) is 0.933. The Balaban J connectivity index is 2.30. The maximum atomic E-state index is 5.35. The molecule has 0 spiro atoms. The van der Waals surface area contributed by atoms with Crippen LogP contribution >= 0.6 is 22.7 Å². The summed E-state index contributed by atoms with van der Waals surface area (Å²) in [5, 5.41) is 4.12. The normalized spacial score (nSPS) is 11.6. The van der Waals surface area contributed by atoms with Crippen molar-refractivity contribution < 1.29 is 4.74 Å². The molecule has 2 aromatic heterocycles. The van der Waals surface area contributed by atoms with Crippen LogP contribution in [-0.2, 0) is 4.74 Å². The van der Waals surface area contributed by atoms with E-state index in [9.17, 15) is 0 Å². The molecule has 0 fully saturated rings. The van der Waals surface area contributed by atoms with E-state index in [-0.39, 0.29) is 0 Å². The zero-order valence-electron chi connectivity index (χ0n) is 7.77. The molecule has 0 saturated heterocycles. The molecule has 0 N–H and O–H groups in total. The zero-order chi connectivity index (χ0) is 9.80. The summed E-state index contributed by atoms with van der Waals surface area (Å²) in [4.78, 5) is 2.39. The molecule has 0 atom stereocenters. The fourth-order valence-corrected chi connectivity index (χ4v) is 2.52. The number of hydrogen-bond donors (Lipinski definition) is 0. The van der Waals surface area contributed by atoms with E-state index in [2.05, 4.69) is 29.0 Å². The molecule has 0 aliphatic heterocycles. The van der Waals surface area contributed by atoms with E-state index < -0.39 is 0 Å². The Kier molecular flexibility index (Phi) is 3.01. The van der Waals surface area contributed by atoms with E-state index in [1.807, 2.05) is 12.1 Å². The molecule has 0 aromatic carbocycles. The summed E-state index contributed by atoms with van der Waals surface area (Å²) in [6, 6.07) is 8.21. The number of rotatable bonds is 3. The topological polar surface area (TPSA) is 9.23 Å². The Hall–Kier alpha value is -1.06. The van der Waals surface area contributed by atoms with E-state index >= 15 is 0 Å². The van der Waals surface area contributed by atoms with Crippen LogP contribution in [0.25, 0.3) is 11.8 Å². The lowest BCUT2D eigenvalue weighted by atomic mass is 10.3. The third kappa shape index (κ3) is 2.05. The van der Waals surface area contributed by atoms with Crippen molar-refractivity contribution >= 4 is 34.5 Å². The van der Waals surface area contributed by atoms with Gasteiger partial charge in [0.1, 0.15) is 5.76 Å². The summed E-state index contributed by atoms with van der Waals surface area (Å²) in [5.41, 5.74) is 0. The van der Waals surface area contributed by atoms with Crippen molar-refractivity contribution in [1.82, 2.24) is 0 Å². The van der Waals surface area contributed by atoms with Gasteiger partial charge in [-0.1, -0.05) is 12.1 Å². The molecule has 0 radical (unpaired) electrons. The molecule has 0 aliphatic carbocycles. The van der Waals surface area contributed by atoms with Crippen LogP contribution in [0.4, 0.5) is 0 Å². The second kappa shape index (κ2) is 4.44. The molecular formula is C11H10OS2. The molecule has 3 heteroatoms. The van der Waals surface area contributed by atoms with Gasteiger partial charge in [-0.3, -0.25) is 0 Å². The minimum absolute atomic E-state index is 0.933. The van der Waals surface area contributed by atoms with Crippen molar-refractivity contribution in [3.63, 3.8) is 0 Å². The van der Waals surface area contributed by atoms with Gasteiger partial charge in [-0.2, -0.15) is 0 Å². The summed E-state index contributed by atoms with van der Waals surface area (Å²) >= 11 is 3.40. The summed E-state index contributed by atoms with van der Waals surface area (Å²) in [6.07, 6.45) is 2.07. The third-order valence-corrected chi connectivity index (χ3v) is 3.50. The predicted molar refractivity (Wildman–Crippen MR) is 63.5 cm³/mol. The monoisotopic (exact) mass is 222 g/mol. The highest BCUT2D eigenvalue weighted by Gasteiger charge is 2.02. The highest BCUT2D eigenvalue weighted by atomic mass is 32.1. The van der Waals surface area contributed by atoms with Gasteiger partial charge in [0.2, 0.25) is 0 Å². The summed E-state index contributed by atoms with van der Waals surface area (Å²) in [6.45, 7) is 0. The standard InChI is InChI=1S/C11H10OS2/c1-12-10(11-5-3-7-14-11)8-9-4-2-6-13-9/h2-8H,1H3. The first-order valence-corrected chi connectivity index (χ1v) is 5.99. The Bertz CT molecular complexity index is 398. The molecule has 14 heavy (non-hydrogen) atoms. The molecule has 2 rings (SSSR count). The molecule has 0 bridgehead atoms. The van der Waals surface area contributed by atoms with Crippen LogP contribution in [0.2, 0.25) is 0 Å². The van der Waals surface area contributed by atoms with Gasteiger partial charge < -0.3 is 4.74 Å². The van der Waals surface area contributed by atoms with Crippen molar-refractivity contribution in [3.8, 4) is 0 Å². The van der Waals surface area contributed by atoms with E-state index in [0.717, 1.165) is 5.76 Å².